The van der Waals surface area contributed by atoms with E-state index in [1.807, 2.05) is 6.92 Å². The molecule has 1 amide bonds. The molecule has 1 atom stereocenters. The number of piperazine rings is 1. The van der Waals surface area contributed by atoms with Gasteiger partial charge in [-0.05, 0) is 28.9 Å². The Kier molecular flexibility index (Phi) is 4.16. The van der Waals surface area contributed by atoms with Crippen molar-refractivity contribution in [1.82, 2.24) is 10.2 Å². The molecule has 7 heteroatoms. The quantitative estimate of drug-likeness (QED) is 0.663. The monoisotopic (exact) mass is 327 g/mol. The first-order chi connectivity index (χ1) is 8.99. The Bertz CT molecular complexity index is 521. The number of rotatable bonds is 2. The van der Waals surface area contributed by atoms with Crippen molar-refractivity contribution in [3.8, 4) is 0 Å². The first-order valence-electron chi connectivity index (χ1n) is 5.95. The number of halogens is 1. The number of carbonyl (C=O) groups excluding carboxylic acids is 1. The lowest BCUT2D eigenvalue weighted by Gasteiger charge is -2.32. The lowest BCUT2D eigenvalue weighted by molar-refractivity contribution is -0.384. The molecule has 0 radical (unpaired) electrons. The lowest BCUT2D eigenvalue weighted by Crippen LogP contribution is -2.51. The highest BCUT2D eigenvalue weighted by Crippen LogP contribution is 2.24. The number of carbonyl (C=O) groups is 1. The zero-order valence-electron chi connectivity index (χ0n) is 10.4. The second-order valence-corrected chi connectivity index (χ2v) is 5.38. The minimum absolute atomic E-state index is 0.0305. The topological polar surface area (TPSA) is 75.5 Å². The molecule has 1 aromatic rings. The molecule has 1 aliphatic heterocycles. The Morgan fingerprint density at radius 1 is 1.58 bits per heavy atom. The molecule has 0 aromatic heterocycles. The van der Waals surface area contributed by atoms with E-state index in [0.717, 1.165) is 6.54 Å². The van der Waals surface area contributed by atoms with Crippen LogP contribution in [0.25, 0.3) is 0 Å². The molecule has 0 aliphatic carbocycles. The summed E-state index contributed by atoms with van der Waals surface area (Å²) in [6.07, 6.45) is 0. The Morgan fingerprint density at radius 2 is 2.32 bits per heavy atom. The first-order valence-corrected chi connectivity index (χ1v) is 6.75. The van der Waals surface area contributed by atoms with Crippen LogP contribution in [0, 0.1) is 10.1 Å². The maximum atomic E-state index is 12.3. The number of non-ortho nitro benzene ring substituents is 1. The van der Waals surface area contributed by atoms with Gasteiger partial charge in [0.2, 0.25) is 0 Å². The van der Waals surface area contributed by atoms with Crippen LogP contribution in [0.3, 0.4) is 0 Å². The molecule has 0 unspecified atom stereocenters. The smallest absolute Gasteiger partial charge is 0.270 e. The molecule has 1 N–H and O–H groups in total. The van der Waals surface area contributed by atoms with E-state index in [4.69, 9.17) is 0 Å². The van der Waals surface area contributed by atoms with Crippen molar-refractivity contribution in [2.45, 2.75) is 13.0 Å². The Balaban J connectivity index is 2.21. The second kappa shape index (κ2) is 5.66. The van der Waals surface area contributed by atoms with E-state index < -0.39 is 4.92 Å². The van der Waals surface area contributed by atoms with E-state index >= 15 is 0 Å². The van der Waals surface area contributed by atoms with Crippen LogP contribution in [0.4, 0.5) is 5.69 Å². The molecular formula is C12H14BrN3O3. The number of nitro benzene ring substituents is 1. The molecule has 1 saturated heterocycles. The maximum Gasteiger partial charge on any atom is 0.270 e. The van der Waals surface area contributed by atoms with E-state index in [2.05, 4.69) is 21.2 Å². The minimum Gasteiger partial charge on any atom is -0.336 e. The average molecular weight is 328 g/mol. The van der Waals surface area contributed by atoms with Gasteiger partial charge >= 0.3 is 0 Å². The molecule has 1 heterocycles. The number of nitro groups is 1. The van der Waals surface area contributed by atoms with Gasteiger partial charge in [-0.3, -0.25) is 14.9 Å². The normalized spacial score (nSPS) is 19.3. The van der Waals surface area contributed by atoms with Crippen LogP contribution in [-0.2, 0) is 0 Å². The summed E-state index contributed by atoms with van der Waals surface area (Å²) < 4.78 is 0.456. The summed E-state index contributed by atoms with van der Waals surface area (Å²) in [6, 6.07) is 4.47. The van der Waals surface area contributed by atoms with Crippen molar-refractivity contribution in [3.63, 3.8) is 0 Å². The number of hydrogen-bond donors (Lipinski definition) is 1. The highest BCUT2D eigenvalue weighted by atomic mass is 79.9. The summed E-state index contributed by atoms with van der Waals surface area (Å²) in [4.78, 5) is 24.3. The van der Waals surface area contributed by atoms with Gasteiger partial charge in [0, 0.05) is 42.3 Å². The molecule has 0 spiro atoms. The van der Waals surface area contributed by atoms with Crippen LogP contribution >= 0.6 is 15.9 Å². The van der Waals surface area contributed by atoms with Gasteiger partial charge in [-0.2, -0.15) is 0 Å². The predicted octanol–water partition coefficient (Wildman–Crippen LogP) is 1.79. The Morgan fingerprint density at radius 3 is 2.89 bits per heavy atom. The molecule has 2 rings (SSSR count). The third-order valence-corrected chi connectivity index (χ3v) is 3.71. The van der Waals surface area contributed by atoms with Crippen LogP contribution in [-0.4, -0.2) is 41.4 Å². The van der Waals surface area contributed by atoms with Crippen molar-refractivity contribution in [1.29, 1.82) is 0 Å². The van der Waals surface area contributed by atoms with Gasteiger partial charge in [0.25, 0.3) is 11.6 Å². The van der Waals surface area contributed by atoms with Crippen molar-refractivity contribution < 1.29 is 9.72 Å². The summed E-state index contributed by atoms with van der Waals surface area (Å²) >= 11 is 3.23. The van der Waals surface area contributed by atoms with E-state index in [-0.39, 0.29) is 17.6 Å². The molecule has 19 heavy (non-hydrogen) atoms. The first kappa shape index (κ1) is 14.0. The van der Waals surface area contributed by atoms with Crippen molar-refractivity contribution in [2.75, 3.05) is 19.6 Å². The van der Waals surface area contributed by atoms with Gasteiger partial charge in [-0.1, -0.05) is 0 Å². The number of amides is 1. The minimum atomic E-state index is -0.480. The summed E-state index contributed by atoms with van der Waals surface area (Å²) in [7, 11) is 0. The van der Waals surface area contributed by atoms with E-state index in [0.29, 0.717) is 23.1 Å². The molecule has 1 aromatic carbocycles. The average Bonchev–Trinajstić information content (AvgIpc) is 2.37. The van der Waals surface area contributed by atoms with Gasteiger partial charge in [0.1, 0.15) is 0 Å². The number of nitrogens with zero attached hydrogens (tertiary/aromatic N) is 2. The van der Waals surface area contributed by atoms with Gasteiger partial charge in [-0.15, -0.1) is 0 Å². The lowest BCUT2D eigenvalue weighted by atomic mass is 10.1. The zero-order valence-corrected chi connectivity index (χ0v) is 12.0. The molecule has 6 nitrogen and oxygen atoms in total. The highest BCUT2D eigenvalue weighted by molar-refractivity contribution is 9.10. The fraction of sp³-hybridized carbons (Fsp3) is 0.417. The van der Waals surface area contributed by atoms with E-state index in [9.17, 15) is 14.9 Å². The van der Waals surface area contributed by atoms with Gasteiger partial charge in [0.15, 0.2) is 0 Å². The fourth-order valence-electron chi connectivity index (χ4n) is 2.08. The predicted molar refractivity (Wildman–Crippen MR) is 74.2 cm³/mol. The maximum absolute atomic E-state index is 12.3. The largest absolute Gasteiger partial charge is 0.336 e. The number of benzene rings is 1. The van der Waals surface area contributed by atoms with Crippen LogP contribution in [0.5, 0.6) is 0 Å². The molecule has 0 bridgehead atoms. The molecule has 1 fully saturated rings. The number of nitrogens with one attached hydrogen (secondary N) is 1. The standard InChI is InChI=1S/C12H14BrN3O3/c1-8-7-15(5-4-14-8)12(17)10-3-2-9(16(18)19)6-11(10)13/h2-3,6,8,14H,4-5,7H2,1H3/t8-/m0/s1. The summed E-state index contributed by atoms with van der Waals surface area (Å²) in [6.45, 7) is 4.07. The Hall–Kier alpha value is -1.47. The van der Waals surface area contributed by atoms with Crippen molar-refractivity contribution >= 4 is 27.5 Å². The van der Waals surface area contributed by atoms with Gasteiger partial charge in [0.05, 0.1) is 10.5 Å². The second-order valence-electron chi connectivity index (χ2n) is 4.53. The summed E-state index contributed by atoms with van der Waals surface area (Å²) in [5, 5.41) is 13.9. The van der Waals surface area contributed by atoms with E-state index in [1.54, 1.807) is 4.90 Å². The molecular weight excluding hydrogens is 314 g/mol. The van der Waals surface area contributed by atoms with E-state index in [1.165, 1.54) is 18.2 Å². The molecule has 0 saturated carbocycles. The summed E-state index contributed by atoms with van der Waals surface area (Å²) in [5.74, 6) is -0.102. The summed E-state index contributed by atoms with van der Waals surface area (Å²) in [5.41, 5.74) is 0.428. The highest BCUT2D eigenvalue weighted by Gasteiger charge is 2.24. The van der Waals surface area contributed by atoms with Crippen LogP contribution in [0.2, 0.25) is 0 Å². The van der Waals surface area contributed by atoms with Crippen LogP contribution in [0.15, 0.2) is 22.7 Å². The zero-order chi connectivity index (χ0) is 14.0. The van der Waals surface area contributed by atoms with Gasteiger partial charge in [-0.25, -0.2) is 0 Å². The van der Waals surface area contributed by atoms with Gasteiger partial charge < -0.3 is 10.2 Å². The fourth-order valence-corrected chi connectivity index (χ4v) is 2.61. The van der Waals surface area contributed by atoms with Crippen molar-refractivity contribution in [3.05, 3.63) is 38.3 Å². The molecule has 1 aliphatic rings. The third kappa shape index (κ3) is 3.10. The third-order valence-electron chi connectivity index (χ3n) is 3.05. The Labute approximate surface area is 119 Å². The SMILES string of the molecule is C[C@H]1CN(C(=O)c2ccc([N+](=O)[O-])cc2Br)CCN1. The van der Waals surface area contributed by atoms with Crippen LogP contribution in [0.1, 0.15) is 17.3 Å². The van der Waals surface area contributed by atoms with Crippen molar-refractivity contribution in [2.24, 2.45) is 0 Å². The molecule has 102 valence electrons. The van der Waals surface area contributed by atoms with Crippen LogP contribution < -0.4 is 5.32 Å². The number of hydrogen-bond acceptors (Lipinski definition) is 4.